The Labute approximate surface area is 109 Å². The van der Waals surface area contributed by atoms with E-state index in [1.165, 1.54) is 0 Å². The van der Waals surface area contributed by atoms with E-state index < -0.39 is 0 Å². The van der Waals surface area contributed by atoms with Crippen LogP contribution >= 0.6 is 15.9 Å². The lowest BCUT2D eigenvalue weighted by Crippen LogP contribution is -2.24. The molecule has 0 fully saturated rings. The Balaban J connectivity index is 2.58. The lowest BCUT2D eigenvalue weighted by molar-refractivity contribution is -0.128. The van der Waals surface area contributed by atoms with Crippen LogP contribution in [0.5, 0.6) is 0 Å². The Morgan fingerprint density at radius 2 is 2.24 bits per heavy atom. The maximum atomic E-state index is 11.4. The fraction of sp³-hybridized carbons (Fsp3) is 0.333. The Bertz CT molecular complexity index is 452. The van der Waals surface area contributed by atoms with E-state index >= 15 is 0 Å². The number of hydrogen-bond acceptors (Lipinski definition) is 3. The molecule has 0 saturated heterocycles. The average molecular weight is 296 g/mol. The van der Waals surface area contributed by atoms with Crippen LogP contribution in [-0.4, -0.2) is 31.4 Å². The third-order valence-corrected chi connectivity index (χ3v) is 2.75. The molecule has 1 aromatic rings. The molecule has 17 heavy (non-hydrogen) atoms. The summed E-state index contributed by atoms with van der Waals surface area (Å²) >= 11 is 3.31. The van der Waals surface area contributed by atoms with Crippen LogP contribution in [0.3, 0.4) is 0 Å². The van der Waals surface area contributed by atoms with E-state index in [1.54, 1.807) is 25.1 Å². The second-order valence-corrected chi connectivity index (χ2v) is 4.68. The number of carbonyl (C=O) groups is 1. The average Bonchev–Trinajstić information content (AvgIpc) is 2.30. The number of carbonyl (C=O) groups excluding carboxylic acids is 1. The maximum Gasteiger partial charge on any atom is 0.223 e. The molecule has 90 valence electrons. The van der Waals surface area contributed by atoms with Gasteiger partial charge in [0.25, 0.3) is 0 Å². The molecule has 1 N–H and O–H groups in total. The Morgan fingerprint density at radius 1 is 1.53 bits per heavy atom. The van der Waals surface area contributed by atoms with Crippen molar-refractivity contribution in [1.29, 1.82) is 5.26 Å². The predicted octanol–water partition coefficient (Wildman–Crippen LogP) is 2.21. The quantitative estimate of drug-likeness (QED) is 0.926. The molecule has 0 bridgehead atoms. The second kappa shape index (κ2) is 6.26. The molecule has 0 heterocycles. The minimum absolute atomic E-state index is 0.0631. The molecule has 4 nitrogen and oxygen atoms in total. The standard InChI is InChI=1S/C12H14BrN3O/c1-16(2)12(17)5-6-15-11-4-3-10(13)7-9(11)8-14/h3-4,7,15H,5-6H2,1-2H3. The highest BCUT2D eigenvalue weighted by Crippen LogP contribution is 2.20. The molecule has 5 heteroatoms. The van der Waals surface area contributed by atoms with E-state index in [4.69, 9.17) is 5.26 Å². The first-order chi connectivity index (χ1) is 8.04. The largest absolute Gasteiger partial charge is 0.383 e. The monoisotopic (exact) mass is 295 g/mol. The van der Waals surface area contributed by atoms with Crippen LogP contribution in [0.1, 0.15) is 12.0 Å². The summed E-state index contributed by atoms with van der Waals surface area (Å²) in [5.74, 6) is 0.0631. The zero-order chi connectivity index (χ0) is 12.8. The molecule has 1 amide bonds. The van der Waals surface area contributed by atoms with Crippen molar-refractivity contribution in [3.63, 3.8) is 0 Å². The summed E-state index contributed by atoms with van der Waals surface area (Å²) in [7, 11) is 3.45. The summed E-state index contributed by atoms with van der Waals surface area (Å²) in [6, 6.07) is 7.54. The molecule has 0 unspecified atom stereocenters. The van der Waals surface area contributed by atoms with E-state index in [0.717, 1.165) is 10.2 Å². The maximum absolute atomic E-state index is 11.4. The normalized spacial score (nSPS) is 9.53. The molecule has 0 aliphatic heterocycles. The number of hydrogen-bond donors (Lipinski definition) is 1. The van der Waals surface area contributed by atoms with E-state index in [0.29, 0.717) is 18.5 Å². The Morgan fingerprint density at radius 3 is 2.82 bits per heavy atom. The van der Waals surface area contributed by atoms with Crippen molar-refractivity contribution in [3.05, 3.63) is 28.2 Å². The van der Waals surface area contributed by atoms with Gasteiger partial charge in [0.05, 0.1) is 11.3 Å². The van der Waals surface area contributed by atoms with E-state index in [2.05, 4.69) is 27.3 Å². The summed E-state index contributed by atoms with van der Waals surface area (Å²) < 4.78 is 0.865. The zero-order valence-electron chi connectivity index (χ0n) is 9.83. The number of benzene rings is 1. The molecular weight excluding hydrogens is 282 g/mol. The van der Waals surface area contributed by atoms with Crippen molar-refractivity contribution in [2.45, 2.75) is 6.42 Å². The first kappa shape index (κ1) is 13.5. The summed E-state index contributed by atoms with van der Waals surface area (Å²) in [6.45, 7) is 0.521. The van der Waals surface area contributed by atoms with Gasteiger partial charge < -0.3 is 10.2 Å². The van der Waals surface area contributed by atoms with Crippen molar-refractivity contribution in [1.82, 2.24) is 4.90 Å². The van der Waals surface area contributed by atoms with Gasteiger partial charge in [0, 0.05) is 31.5 Å². The smallest absolute Gasteiger partial charge is 0.223 e. The highest BCUT2D eigenvalue weighted by Gasteiger charge is 2.05. The van der Waals surface area contributed by atoms with Crippen LogP contribution in [-0.2, 0) is 4.79 Å². The predicted molar refractivity (Wildman–Crippen MR) is 70.7 cm³/mol. The fourth-order valence-corrected chi connectivity index (χ4v) is 1.65. The van der Waals surface area contributed by atoms with Gasteiger partial charge in [0.15, 0.2) is 0 Å². The van der Waals surface area contributed by atoms with Gasteiger partial charge in [0.1, 0.15) is 6.07 Å². The van der Waals surface area contributed by atoms with Gasteiger partial charge in [-0.25, -0.2) is 0 Å². The number of nitrogens with zero attached hydrogens (tertiary/aromatic N) is 2. The fourth-order valence-electron chi connectivity index (χ4n) is 1.29. The van der Waals surface area contributed by atoms with E-state index in [-0.39, 0.29) is 5.91 Å². The lowest BCUT2D eigenvalue weighted by Gasteiger charge is -2.11. The number of nitriles is 1. The highest BCUT2D eigenvalue weighted by molar-refractivity contribution is 9.10. The van der Waals surface area contributed by atoms with Crippen LogP contribution in [0.25, 0.3) is 0 Å². The van der Waals surface area contributed by atoms with Crippen molar-refractivity contribution in [3.8, 4) is 6.07 Å². The van der Waals surface area contributed by atoms with Gasteiger partial charge in [-0.2, -0.15) is 5.26 Å². The number of nitrogens with one attached hydrogen (secondary N) is 1. The first-order valence-electron chi connectivity index (χ1n) is 5.18. The van der Waals surface area contributed by atoms with Crippen molar-refractivity contribution in [2.24, 2.45) is 0 Å². The summed E-state index contributed by atoms with van der Waals surface area (Å²) in [6.07, 6.45) is 0.411. The Hall–Kier alpha value is -1.54. The van der Waals surface area contributed by atoms with E-state index in [1.807, 2.05) is 12.1 Å². The van der Waals surface area contributed by atoms with Gasteiger partial charge in [-0.3, -0.25) is 4.79 Å². The number of rotatable bonds is 4. The molecule has 0 aliphatic carbocycles. The molecule has 0 spiro atoms. The molecule has 0 saturated carbocycles. The SMILES string of the molecule is CN(C)C(=O)CCNc1ccc(Br)cc1C#N. The second-order valence-electron chi connectivity index (χ2n) is 3.77. The molecule has 0 atom stereocenters. The molecule has 0 radical (unpaired) electrons. The summed E-state index contributed by atoms with van der Waals surface area (Å²) in [5.41, 5.74) is 1.32. The first-order valence-corrected chi connectivity index (χ1v) is 5.97. The van der Waals surface area contributed by atoms with E-state index in [9.17, 15) is 4.79 Å². The van der Waals surface area contributed by atoms with Gasteiger partial charge >= 0.3 is 0 Å². The van der Waals surface area contributed by atoms with Gasteiger partial charge in [0.2, 0.25) is 5.91 Å². The highest BCUT2D eigenvalue weighted by atomic mass is 79.9. The third-order valence-electron chi connectivity index (χ3n) is 2.26. The molecule has 0 aliphatic rings. The van der Waals surface area contributed by atoms with Crippen molar-refractivity contribution >= 4 is 27.5 Å². The van der Waals surface area contributed by atoms with Crippen molar-refractivity contribution in [2.75, 3.05) is 26.0 Å². The molecular formula is C12H14BrN3O. The minimum Gasteiger partial charge on any atom is -0.383 e. The van der Waals surface area contributed by atoms with Crippen LogP contribution in [0.2, 0.25) is 0 Å². The van der Waals surface area contributed by atoms with Crippen LogP contribution in [0.4, 0.5) is 5.69 Å². The van der Waals surface area contributed by atoms with Crippen LogP contribution in [0, 0.1) is 11.3 Å². The number of amides is 1. The third kappa shape index (κ3) is 4.08. The summed E-state index contributed by atoms with van der Waals surface area (Å²) in [5, 5.41) is 12.0. The van der Waals surface area contributed by atoms with Gasteiger partial charge in [-0.05, 0) is 18.2 Å². The van der Waals surface area contributed by atoms with Gasteiger partial charge in [-0.15, -0.1) is 0 Å². The van der Waals surface area contributed by atoms with Crippen molar-refractivity contribution < 1.29 is 4.79 Å². The zero-order valence-corrected chi connectivity index (χ0v) is 11.4. The molecule has 1 rings (SSSR count). The molecule has 0 aromatic heterocycles. The summed E-state index contributed by atoms with van der Waals surface area (Å²) in [4.78, 5) is 12.9. The van der Waals surface area contributed by atoms with Gasteiger partial charge in [-0.1, -0.05) is 15.9 Å². The Kier molecular flexibility index (Phi) is 4.98. The number of halogens is 1. The molecule has 1 aromatic carbocycles. The van der Waals surface area contributed by atoms with Crippen LogP contribution in [0.15, 0.2) is 22.7 Å². The van der Waals surface area contributed by atoms with Crippen LogP contribution < -0.4 is 5.32 Å². The number of anilines is 1. The minimum atomic E-state index is 0.0631. The lowest BCUT2D eigenvalue weighted by atomic mass is 10.2. The topological polar surface area (TPSA) is 56.1 Å².